The third kappa shape index (κ3) is 3.11. The zero-order valence-corrected chi connectivity index (χ0v) is 12.5. The fourth-order valence-electron chi connectivity index (χ4n) is 2.32. The van der Waals surface area contributed by atoms with Crippen LogP contribution >= 0.6 is 0 Å². The largest absolute Gasteiger partial charge is 0.490 e. The van der Waals surface area contributed by atoms with Crippen molar-refractivity contribution in [1.29, 1.82) is 0 Å². The minimum absolute atomic E-state index is 0.0109. The molecule has 20 heavy (non-hydrogen) atoms. The molecule has 0 bridgehead atoms. The second-order valence-corrected chi connectivity index (χ2v) is 5.62. The first kappa shape index (κ1) is 14.4. The van der Waals surface area contributed by atoms with Crippen molar-refractivity contribution in [1.82, 2.24) is 0 Å². The van der Waals surface area contributed by atoms with Crippen molar-refractivity contribution in [2.75, 3.05) is 6.61 Å². The van der Waals surface area contributed by atoms with Crippen LogP contribution in [0.4, 0.5) is 0 Å². The highest BCUT2D eigenvalue weighted by Crippen LogP contribution is 2.32. The number of rotatable bonds is 5. The van der Waals surface area contributed by atoms with E-state index in [1.807, 2.05) is 12.1 Å². The van der Waals surface area contributed by atoms with Crippen molar-refractivity contribution in [3.63, 3.8) is 0 Å². The zero-order valence-electron chi connectivity index (χ0n) is 12.5. The lowest BCUT2D eigenvalue weighted by molar-refractivity contribution is 0.363. The molecule has 0 unspecified atom stereocenters. The van der Waals surface area contributed by atoms with Crippen LogP contribution < -0.4 is 4.74 Å². The molecule has 2 rings (SSSR count). The lowest BCUT2D eigenvalue weighted by Gasteiger charge is -2.26. The molecule has 0 amide bonds. The van der Waals surface area contributed by atoms with E-state index < -0.39 is 0 Å². The molecule has 2 aromatic rings. The van der Waals surface area contributed by atoms with Crippen molar-refractivity contribution >= 4 is 0 Å². The molecule has 0 heterocycles. The fraction of sp³-hybridized carbons (Fsp3) is 0.263. The molecule has 0 radical (unpaired) electrons. The van der Waals surface area contributed by atoms with Gasteiger partial charge in [-0.1, -0.05) is 68.5 Å². The Labute approximate surface area is 121 Å². The Balaban J connectivity index is 2.27. The first-order valence-electron chi connectivity index (χ1n) is 6.95. The van der Waals surface area contributed by atoms with Gasteiger partial charge in [-0.25, -0.2) is 0 Å². The first-order chi connectivity index (χ1) is 9.54. The normalized spacial score (nSPS) is 11.2. The predicted molar refractivity (Wildman–Crippen MR) is 85.4 cm³/mol. The Kier molecular flexibility index (Phi) is 4.29. The smallest absolute Gasteiger partial charge is 0.119 e. The summed E-state index contributed by atoms with van der Waals surface area (Å²) in [6.07, 6.45) is 1.75. The molecular weight excluding hydrogens is 244 g/mol. The second kappa shape index (κ2) is 5.96. The molecule has 0 aromatic heterocycles. The van der Waals surface area contributed by atoms with E-state index in [4.69, 9.17) is 4.74 Å². The van der Waals surface area contributed by atoms with E-state index >= 15 is 0 Å². The van der Waals surface area contributed by atoms with Crippen LogP contribution in [0.5, 0.6) is 5.75 Å². The van der Waals surface area contributed by atoms with Crippen LogP contribution in [-0.4, -0.2) is 6.61 Å². The van der Waals surface area contributed by atoms with Gasteiger partial charge in [-0.15, -0.1) is 0 Å². The van der Waals surface area contributed by atoms with Crippen LogP contribution in [0.2, 0.25) is 0 Å². The van der Waals surface area contributed by atoms with Gasteiger partial charge in [-0.05, 0) is 30.2 Å². The predicted octanol–water partition coefficient (Wildman–Crippen LogP) is 4.89. The van der Waals surface area contributed by atoms with Gasteiger partial charge in [0, 0.05) is 5.41 Å². The maximum absolute atomic E-state index is 5.53. The molecular formula is C19H22O. The van der Waals surface area contributed by atoms with E-state index in [1.54, 1.807) is 6.08 Å². The minimum Gasteiger partial charge on any atom is -0.490 e. The first-order valence-corrected chi connectivity index (χ1v) is 6.95. The number of ether oxygens (including phenoxy) is 1. The summed E-state index contributed by atoms with van der Waals surface area (Å²) < 4.78 is 5.53. The quantitative estimate of drug-likeness (QED) is 0.700. The molecule has 0 N–H and O–H groups in total. The molecule has 0 spiro atoms. The topological polar surface area (TPSA) is 9.23 Å². The summed E-state index contributed by atoms with van der Waals surface area (Å²) in [5, 5.41) is 0. The molecule has 1 heteroatoms. The molecule has 0 saturated carbocycles. The monoisotopic (exact) mass is 266 g/mol. The van der Waals surface area contributed by atoms with Crippen LogP contribution in [0.3, 0.4) is 0 Å². The average molecular weight is 266 g/mol. The summed E-state index contributed by atoms with van der Waals surface area (Å²) in [5.41, 5.74) is 3.90. The summed E-state index contributed by atoms with van der Waals surface area (Å²) in [6.45, 7) is 10.8. The highest BCUT2D eigenvalue weighted by Gasteiger charge is 2.22. The summed E-state index contributed by atoms with van der Waals surface area (Å²) in [5.74, 6) is 0.883. The highest BCUT2D eigenvalue weighted by atomic mass is 16.5. The summed E-state index contributed by atoms with van der Waals surface area (Å²) in [4.78, 5) is 0. The van der Waals surface area contributed by atoms with Gasteiger partial charge in [0.1, 0.15) is 12.4 Å². The van der Waals surface area contributed by atoms with E-state index in [-0.39, 0.29) is 5.41 Å². The van der Waals surface area contributed by atoms with Gasteiger partial charge in [-0.3, -0.25) is 0 Å². The maximum Gasteiger partial charge on any atom is 0.119 e. The van der Waals surface area contributed by atoms with Gasteiger partial charge in [-0.2, -0.15) is 0 Å². The Morgan fingerprint density at radius 2 is 1.75 bits per heavy atom. The molecule has 0 atom stereocenters. The standard InChI is InChI=1S/C19H22O/c1-5-13-20-18-11-9-16(10-12-18)19(3,4)17-8-6-7-15(2)14-17/h5-12,14H,1,13H2,2-4H3. The van der Waals surface area contributed by atoms with Gasteiger partial charge >= 0.3 is 0 Å². The molecule has 0 aliphatic heterocycles. The molecule has 0 aliphatic carbocycles. The summed E-state index contributed by atoms with van der Waals surface area (Å²) in [6, 6.07) is 17.0. The van der Waals surface area contributed by atoms with E-state index in [0.29, 0.717) is 6.61 Å². The molecule has 0 aliphatic rings. The number of benzene rings is 2. The van der Waals surface area contributed by atoms with Crippen LogP contribution in [0.25, 0.3) is 0 Å². The van der Waals surface area contributed by atoms with E-state index in [9.17, 15) is 0 Å². The summed E-state index contributed by atoms with van der Waals surface area (Å²) >= 11 is 0. The Morgan fingerprint density at radius 3 is 2.35 bits per heavy atom. The van der Waals surface area contributed by atoms with Gasteiger partial charge in [0.05, 0.1) is 0 Å². The van der Waals surface area contributed by atoms with Gasteiger partial charge in [0.15, 0.2) is 0 Å². The second-order valence-electron chi connectivity index (χ2n) is 5.62. The Bertz CT molecular complexity index is 579. The number of hydrogen-bond donors (Lipinski definition) is 0. The van der Waals surface area contributed by atoms with Crippen molar-refractivity contribution in [2.45, 2.75) is 26.2 Å². The number of aryl methyl sites for hydroxylation is 1. The molecule has 1 nitrogen and oxygen atoms in total. The SMILES string of the molecule is C=CCOc1ccc(C(C)(C)c2cccc(C)c2)cc1. The van der Waals surface area contributed by atoms with Crippen molar-refractivity contribution < 1.29 is 4.74 Å². The summed E-state index contributed by atoms with van der Waals surface area (Å²) in [7, 11) is 0. The number of hydrogen-bond acceptors (Lipinski definition) is 1. The highest BCUT2D eigenvalue weighted by molar-refractivity contribution is 5.41. The average Bonchev–Trinajstić information content (AvgIpc) is 2.45. The zero-order chi connectivity index (χ0) is 14.6. The van der Waals surface area contributed by atoms with Crippen molar-refractivity contribution in [3.8, 4) is 5.75 Å². The molecule has 2 aromatic carbocycles. The molecule has 104 valence electrons. The van der Waals surface area contributed by atoms with E-state index in [1.165, 1.54) is 16.7 Å². The van der Waals surface area contributed by atoms with Gasteiger partial charge in [0.25, 0.3) is 0 Å². The lowest BCUT2D eigenvalue weighted by atomic mass is 9.78. The van der Waals surface area contributed by atoms with Crippen LogP contribution in [0, 0.1) is 6.92 Å². The van der Waals surface area contributed by atoms with Crippen LogP contribution in [0.15, 0.2) is 61.2 Å². The third-order valence-electron chi connectivity index (χ3n) is 3.68. The van der Waals surface area contributed by atoms with Gasteiger partial charge in [0.2, 0.25) is 0 Å². The maximum atomic E-state index is 5.53. The third-order valence-corrected chi connectivity index (χ3v) is 3.68. The van der Waals surface area contributed by atoms with Gasteiger partial charge < -0.3 is 4.74 Å². The van der Waals surface area contributed by atoms with Crippen molar-refractivity contribution in [3.05, 3.63) is 77.9 Å². The Hall–Kier alpha value is -2.02. The molecule has 0 saturated heterocycles. The Morgan fingerprint density at radius 1 is 1.05 bits per heavy atom. The van der Waals surface area contributed by atoms with Crippen LogP contribution in [0.1, 0.15) is 30.5 Å². The van der Waals surface area contributed by atoms with E-state index in [0.717, 1.165) is 5.75 Å². The molecule has 0 fully saturated rings. The fourth-order valence-corrected chi connectivity index (χ4v) is 2.32. The minimum atomic E-state index is -0.0109. The van der Waals surface area contributed by atoms with E-state index in [2.05, 4.69) is 63.7 Å². The lowest BCUT2D eigenvalue weighted by Crippen LogP contribution is -2.18. The van der Waals surface area contributed by atoms with Crippen molar-refractivity contribution in [2.24, 2.45) is 0 Å². The van der Waals surface area contributed by atoms with Crippen LogP contribution in [-0.2, 0) is 5.41 Å².